The van der Waals surface area contributed by atoms with Crippen LogP contribution >= 0.6 is 0 Å². The van der Waals surface area contributed by atoms with Gasteiger partial charge in [0.2, 0.25) is 5.91 Å². The van der Waals surface area contributed by atoms with Gasteiger partial charge in [0.25, 0.3) is 0 Å². The minimum atomic E-state index is -0.0913. The SMILES string of the molecule is CC(C)CC(=O)NC(C)(C)C(C)C. The maximum Gasteiger partial charge on any atom is 0.220 e. The maximum atomic E-state index is 11.5. The Kier molecular flexibility index (Phi) is 4.45. The number of hydrogen-bond acceptors (Lipinski definition) is 1. The number of rotatable bonds is 4. The molecule has 1 amide bonds. The third-order valence-electron chi connectivity index (χ3n) is 2.50. The van der Waals surface area contributed by atoms with Crippen molar-refractivity contribution in [3.05, 3.63) is 0 Å². The molecule has 78 valence electrons. The van der Waals surface area contributed by atoms with Crippen LogP contribution in [0.2, 0.25) is 0 Å². The van der Waals surface area contributed by atoms with Gasteiger partial charge in [-0.05, 0) is 25.7 Å². The van der Waals surface area contributed by atoms with E-state index in [1.165, 1.54) is 0 Å². The number of amides is 1. The molecule has 0 saturated carbocycles. The lowest BCUT2D eigenvalue weighted by atomic mass is 9.90. The van der Waals surface area contributed by atoms with E-state index >= 15 is 0 Å². The average Bonchev–Trinajstić information content (AvgIpc) is 1.82. The molecule has 0 atom stereocenters. The lowest BCUT2D eigenvalue weighted by Gasteiger charge is -2.30. The highest BCUT2D eigenvalue weighted by Crippen LogP contribution is 2.15. The van der Waals surface area contributed by atoms with Crippen molar-refractivity contribution >= 4 is 5.91 Å². The Morgan fingerprint density at radius 1 is 1.23 bits per heavy atom. The third kappa shape index (κ3) is 4.91. The van der Waals surface area contributed by atoms with Crippen molar-refractivity contribution in [2.45, 2.75) is 53.5 Å². The Balaban J connectivity index is 4.05. The highest BCUT2D eigenvalue weighted by atomic mass is 16.1. The summed E-state index contributed by atoms with van der Waals surface area (Å²) in [4.78, 5) is 11.5. The summed E-state index contributed by atoms with van der Waals surface area (Å²) >= 11 is 0. The standard InChI is InChI=1S/C11H23NO/c1-8(2)7-10(13)12-11(5,6)9(3)4/h8-9H,7H2,1-6H3,(H,12,13). The normalized spacial score (nSPS) is 12.3. The summed E-state index contributed by atoms with van der Waals surface area (Å²) in [7, 11) is 0. The molecule has 0 aliphatic rings. The zero-order valence-electron chi connectivity index (χ0n) is 9.77. The number of nitrogens with one attached hydrogen (secondary N) is 1. The van der Waals surface area contributed by atoms with Crippen LogP contribution in [0.3, 0.4) is 0 Å². The summed E-state index contributed by atoms with van der Waals surface area (Å²) in [5, 5.41) is 3.05. The first-order valence-electron chi connectivity index (χ1n) is 5.06. The molecule has 2 heteroatoms. The molecular formula is C11H23NO. The first kappa shape index (κ1) is 12.5. The molecule has 2 nitrogen and oxygen atoms in total. The Hall–Kier alpha value is -0.530. The predicted molar refractivity (Wildman–Crippen MR) is 56.5 cm³/mol. The number of hydrogen-bond donors (Lipinski definition) is 1. The topological polar surface area (TPSA) is 29.1 Å². The van der Waals surface area contributed by atoms with Crippen LogP contribution in [0.5, 0.6) is 0 Å². The van der Waals surface area contributed by atoms with Crippen LogP contribution in [0.1, 0.15) is 48.0 Å². The van der Waals surface area contributed by atoms with E-state index in [-0.39, 0.29) is 11.4 Å². The van der Waals surface area contributed by atoms with E-state index in [4.69, 9.17) is 0 Å². The van der Waals surface area contributed by atoms with Crippen LogP contribution in [0.25, 0.3) is 0 Å². The summed E-state index contributed by atoms with van der Waals surface area (Å²) in [5.74, 6) is 1.06. The summed E-state index contributed by atoms with van der Waals surface area (Å²) in [6.07, 6.45) is 0.621. The zero-order chi connectivity index (χ0) is 10.6. The predicted octanol–water partition coefficient (Wildman–Crippen LogP) is 2.58. The smallest absolute Gasteiger partial charge is 0.220 e. The molecule has 1 N–H and O–H groups in total. The Labute approximate surface area is 82.1 Å². The summed E-state index contributed by atoms with van der Waals surface area (Å²) in [5.41, 5.74) is -0.0913. The van der Waals surface area contributed by atoms with Crippen molar-refractivity contribution in [2.75, 3.05) is 0 Å². The van der Waals surface area contributed by atoms with E-state index < -0.39 is 0 Å². The van der Waals surface area contributed by atoms with Gasteiger partial charge in [-0.25, -0.2) is 0 Å². The molecule has 0 fully saturated rings. The summed E-state index contributed by atoms with van der Waals surface area (Å²) < 4.78 is 0. The molecule has 13 heavy (non-hydrogen) atoms. The molecule has 0 unspecified atom stereocenters. The molecular weight excluding hydrogens is 162 g/mol. The van der Waals surface area contributed by atoms with Crippen molar-refractivity contribution in [1.29, 1.82) is 0 Å². The van der Waals surface area contributed by atoms with E-state index in [2.05, 4.69) is 46.9 Å². The highest BCUT2D eigenvalue weighted by Gasteiger charge is 2.24. The van der Waals surface area contributed by atoms with E-state index in [0.717, 1.165) is 0 Å². The van der Waals surface area contributed by atoms with E-state index in [9.17, 15) is 4.79 Å². The average molecular weight is 185 g/mol. The summed E-state index contributed by atoms with van der Waals surface area (Å²) in [6.45, 7) is 12.5. The van der Waals surface area contributed by atoms with Crippen LogP contribution in [0.15, 0.2) is 0 Å². The fraction of sp³-hybridized carbons (Fsp3) is 0.909. The van der Waals surface area contributed by atoms with Gasteiger partial charge in [-0.2, -0.15) is 0 Å². The van der Waals surface area contributed by atoms with Crippen molar-refractivity contribution in [3.63, 3.8) is 0 Å². The number of carbonyl (C=O) groups excluding carboxylic acids is 1. The second-order valence-corrected chi connectivity index (χ2v) is 5.02. The first-order chi connectivity index (χ1) is 5.75. The molecule has 0 heterocycles. The van der Waals surface area contributed by atoms with Crippen LogP contribution < -0.4 is 5.32 Å². The largest absolute Gasteiger partial charge is 0.351 e. The van der Waals surface area contributed by atoms with Crippen molar-refractivity contribution in [2.24, 2.45) is 11.8 Å². The molecule has 0 aromatic heterocycles. The van der Waals surface area contributed by atoms with Gasteiger partial charge in [-0.15, -0.1) is 0 Å². The van der Waals surface area contributed by atoms with Gasteiger partial charge in [-0.1, -0.05) is 27.7 Å². The van der Waals surface area contributed by atoms with Crippen LogP contribution in [0.4, 0.5) is 0 Å². The molecule has 0 radical (unpaired) electrons. The lowest BCUT2D eigenvalue weighted by molar-refractivity contribution is -0.123. The lowest BCUT2D eigenvalue weighted by Crippen LogP contribution is -2.47. The second kappa shape index (κ2) is 4.64. The fourth-order valence-electron chi connectivity index (χ4n) is 0.925. The first-order valence-corrected chi connectivity index (χ1v) is 5.06. The molecule has 0 aliphatic heterocycles. The number of carbonyl (C=O) groups is 1. The van der Waals surface area contributed by atoms with Gasteiger partial charge in [0, 0.05) is 12.0 Å². The molecule has 0 saturated heterocycles. The maximum absolute atomic E-state index is 11.5. The Bertz CT molecular complexity index is 171. The van der Waals surface area contributed by atoms with Crippen molar-refractivity contribution < 1.29 is 4.79 Å². The minimum Gasteiger partial charge on any atom is -0.351 e. The van der Waals surface area contributed by atoms with Gasteiger partial charge in [0.05, 0.1) is 0 Å². The van der Waals surface area contributed by atoms with Gasteiger partial charge >= 0.3 is 0 Å². The molecule has 0 aliphatic carbocycles. The Morgan fingerprint density at radius 2 is 1.69 bits per heavy atom. The van der Waals surface area contributed by atoms with Crippen LogP contribution in [0, 0.1) is 11.8 Å². The molecule has 0 aromatic rings. The third-order valence-corrected chi connectivity index (χ3v) is 2.50. The monoisotopic (exact) mass is 185 g/mol. The van der Waals surface area contributed by atoms with Gasteiger partial charge in [0.15, 0.2) is 0 Å². The summed E-state index contributed by atoms with van der Waals surface area (Å²) in [6, 6.07) is 0. The highest BCUT2D eigenvalue weighted by molar-refractivity contribution is 5.76. The molecule has 0 spiro atoms. The van der Waals surface area contributed by atoms with Crippen LogP contribution in [-0.4, -0.2) is 11.4 Å². The molecule has 0 aromatic carbocycles. The Morgan fingerprint density at radius 3 is 2.00 bits per heavy atom. The zero-order valence-corrected chi connectivity index (χ0v) is 9.77. The van der Waals surface area contributed by atoms with E-state index in [1.54, 1.807) is 0 Å². The quantitative estimate of drug-likeness (QED) is 0.716. The van der Waals surface area contributed by atoms with Gasteiger partial charge < -0.3 is 5.32 Å². The van der Waals surface area contributed by atoms with Gasteiger partial charge in [-0.3, -0.25) is 4.79 Å². The van der Waals surface area contributed by atoms with Crippen molar-refractivity contribution in [3.8, 4) is 0 Å². The van der Waals surface area contributed by atoms with Crippen LogP contribution in [-0.2, 0) is 4.79 Å². The van der Waals surface area contributed by atoms with E-state index in [0.29, 0.717) is 18.3 Å². The second-order valence-electron chi connectivity index (χ2n) is 5.02. The van der Waals surface area contributed by atoms with Gasteiger partial charge in [0.1, 0.15) is 0 Å². The van der Waals surface area contributed by atoms with Crippen molar-refractivity contribution in [1.82, 2.24) is 5.32 Å². The molecule has 0 rings (SSSR count). The minimum absolute atomic E-state index is 0.0913. The van der Waals surface area contributed by atoms with E-state index in [1.807, 2.05) is 0 Å². The fourth-order valence-corrected chi connectivity index (χ4v) is 0.925. The molecule has 0 bridgehead atoms.